The van der Waals surface area contributed by atoms with Crippen LogP contribution in [0.5, 0.6) is 0 Å². The number of carbonyl (C=O) groups excluding carboxylic acids is 1. The molecule has 3 aromatic rings. The second-order valence-electron chi connectivity index (χ2n) is 7.69. The van der Waals surface area contributed by atoms with E-state index in [4.69, 9.17) is 11.6 Å². The molecule has 8 nitrogen and oxygen atoms in total. The molecule has 0 atom stereocenters. The molecule has 0 saturated carbocycles. The predicted octanol–water partition coefficient (Wildman–Crippen LogP) is 3.36. The highest BCUT2D eigenvalue weighted by Gasteiger charge is 2.16. The van der Waals surface area contributed by atoms with Crippen LogP contribution < -0.4 is 16.6 Å². The van der Waals surface area contributed by atoms with Crippen molar-refractivity contribution in [2.75, 3.05) is 0 Å². The van der Waals surface area contributed by atoms with Gasteiger partial charge in [-0.25, -0.2) is 9.18 Å². The van der Waals surface area contributed by atoms with E-state index in [-0.39, 0.29) is 47.7 Å². The Morgan fingerprint density at radius 2 is 1.91 bits per heavy atom. The Balaban J connectivity index is 1.61. The lowest BCUT2D eigenvalue weighted by Crippen LogP contribution is -2.40. The summed E-state index contributed by atoms with van der Waals surface area (Å²) in [4.78, 5) is 44.6. The minimum Gasteiger partial charge on any atom is -0.352 e. The summed E-state index contributed by atoms with van der Waals surface area (Å²) in [6.07, 6.45) is 3.96. The standard InChI is InChI=1S/C22H27ClFN5O3/c1-2-3-5-11-28-19-18(26-21(23)27-19)20(31)29(22(28)32)12-6-4-10-17(30)25-14-15-8-7-9-16(24)13-15/h7-9,13H,2-6,10-12,14H2,1H3,(H,25,30)(H,26,27). The SMILES string of the molecule is CCCCCn1c(=O)n(CCCCC(=O)NCc2cccc(F)c2)c(=O)c2[nH]c(Cl)nc21. The van der Waals surface area contributed by atoms with Crippen LogP contribution in [0.15, 0.2) is 33.9 Å². The van der Waals surface area contributed by atoms with Crippen LogP contribution in [0.3, 0.4) is 0 Å². The van der Waals surface area contributed by atoms with Crippen LogP contribution >= 0.6 is 11.6 Å². The number of H-pyrrole nitrogens is 1. The fourth-order valence-electron chi connectivity index (χ4n) is 3.55. The van der Waals surface area contributed by atoms with E-state index in [0.717, 1.165) is 19.3 Å². The number of aryl methyl sites for hydroxylation is 1. The zero-order valence-electron chi connectivity index (χ0n) is 18.0. The summed E-state index contributed by atoms with van der Waals surface area (Å²) in [5, 5.41) is 2.81. The molecule has 1 aromatic carbocycles. The number of nitrogens with one attached hydrogen (secondary N) is 2. The third-order valence-corrected chi connectivity index (χ3v) is 5.41. The summed E-state index contributed by atoms with van der Waals surface area (Å²) in [6, 6.07) is 6.04. The molecule has 2 N–H and O–H groups in total. The molecule has 0 aliphatic heterocycles. The van der Waals surface area contributed by atoms with Crippen LogP contribution in [0.1, 0.15) is 51.0 Å². The molecule has 172 valence electrons. The molecule has 10 heteroatoms. The van der Waals surface area contributed by atoms with Gasteiger partial charge in [0.05, 0.1) is 0 Å². The van der Waals surface area contributed by atoms with Crippen molar-refractivity contribution in [3.05, 3.63) is 61.8 Å². The average Bonchev–Trinajstić information content (AvgIpc) is 3.16. The Kier molecular flexibility index (Phi) is 8.21. The molecule has 0 saturated heterocycles. The maximum atomic E-state index is 13.2. The third-order valence-electron chi connectivity index (χ3n) is 5.23. The number of hydrogen-bond acceptors (Lipinski definition) is 4. The average molecular weight is 464 g/mol. The number of imidazole rings is 1. The van der Waals surface area contributed by atoms with E-state index in [1.54, 1.807) is 12.1 Å². The predicted molar refractivity (Wildman–Crippen MR) is 121 cm³/mol. The molecule has 0 aliphatic carbocycles. The van der Waals surface area contributed by atoms with Gasteiger partial charge in [0, 0.05) is 26.1 Å². The first-order valence-electron chi connectivity index (χ1n) is 10.8. The topological polar surface area (TPSA) is 102 Å². The summed E-state index contributed by atoms with van der Waals surface area (Å²) >= 11 is 5.94. The largest absolute Gasteiger partial charge is 0.352 e. The van der Waals surface area contributed by atoms with Crippen molar-refractivity contribution in [1.29, 1.82) is 0 Å². The van der Waals surface area contributed by atoms with Crippen LogP contribution in [0, 0.1) is 5.82 Å². The molecule has 0 aliphatic rings. The van der Waals surface area contributed by atoms with E-state index in [1.165, 1.54) is 21.3 Å². The molecule has 0 radical (unpaired) electrons. The Morgan fingerprint density at radius 3 is 2.66 bits per heavy atom. The number of fused-ring (bicyclic) bond motifs is 1. The highest BCUT2D eigenvalue weighted by Crippen LogP contribution is 2.11. The minimum absolute atomic E-state index is 0.0634. The smallest absolute Gasteiger partial charge is 0.332 e. The van der Waals surface area contributed by atoms with Crippen LogP contribution in [0.2, 0.25) is 5.28 Å². The number of amides is 1. The molecule has 2 heterocycles. The molecule has 2 aromatic heterocycles. The highest BCUT2D eigenvalue weighted by atomic mass is 35.5. The third kappa shape index (κ3) is 5.85. The lowest BCUT2D eigenvalue weighted by Gasteiger charge is -2.11. The highest BCUT2D eigenvalue weighted by molar-refractivity contribution is 6.28. The molecule has 0 unspecified atom stereocenters. The zero-order chi connectivity index (χ0) is 23.1. The lowest BCUT2D eigenvalue weighted by molar-refractivity contribution is -0.121. The summed E-state index contributed by atoms with van der Waals surface area (Å²) < 4.78 is 15.9. The Morgan fingerprint density at radius 1 is 1.16 bits per heavy atom. The van der Waals surface area contributed by atoms with Gasteiger partial charge in [-0.05, 0) is 48.6 Å². The molecular weight excluding hydrogens is 437 g/mol. The summed E-state index contributed by atoms with van der Waals surface area (Å²) in [7, 11) is 0. The molecule has 1 amide bonds. The number of nitrogens with zero attached hydrogens (tertiary/aromatic N) is 3. The molecule has 0 fully saturated rings. The van der Waals surface area contributed by atoms with E-state index in [1.807, 2.05) is 0 Å². The molecular formula is C22H27ClFN5O3. The van der Waals surface area contributed by atoms with Gasteiger partial charge in [0.2, 0.25) is 11.2 Å². The number of unbranched alkanes of at least 4 members (excludes halogenated alkanes) is 3. The summed E-state index contributed by atoms with van der Waals surface area (Å²) in [6.45, 7) is 2.96. The fraction of sp³-hybridized carbons (Fsp3) is 0.455. The van der Waals surface area contributed by atoms with Gasteiger partial charge >= 0.3 is 5.69 Å². The van der Waals surface area contributed by atoms with Gasteiger partial charge in [0.1, 0.15) is 5.82 Å². The number of aromatic amines is 1. The normalized spacial score (nSPS) is 11.2. The van der Waals surface area contributed by atoms with E-state index in [0.29, 0.717) is 24.9 Å². The van der Waals surface area contributed by atoms with Gasteiger partial charge in [0.25, 0.3) is 5.56 Å². The number of benzene rings is 1. The second kappa shape index (κ2) is 11.1. The molecule has 3 rings (SSSR count). The second-order valence-corrected chi connectivity index (χ2v) is 8.05. The van der Waals surface area contributed by atoms with Gasteiger partial charge in [0.15, 0.2) is 11.2 Å². The van der Waals surface area contributed by atoms with Crippen molar-refractivity contribution in [2.24, 2.45) is 0 Å². The van der Waals surface area contributed by atoms with Crippen LogP contribution in [0.4, 0.5) is 4.39 Å². The van der Waals surface area contributed by atoms with Crippen LogP contribution in [-0.2, 0) is 24.4 Å². The number of hydrogen-bond donors (Lipinski definition) is 2. The van der Waals surface area contributed by atoms with Crippen molar-refractivity contribution >= 4 is 28.7 Å². The van der Waals surface area contributed by atoms with Crippen molar-refractivity contribution in [3.8, 4) is 0 Å². The van der Waals surface area contributed by atoms with E-state index >= 15 is 0 Å². The zero-order valence-corrected chi connectivity index (χ0v) is 18.8. The van der Waals surface area contributed by atoms with Crippen molar-refractivity contribution < 1.29 is 9.18 Å². The number of rotatable bonds is 11. The fourth-order valence-corrected chi connectivity index (χ4v) is 3.72. The Bertz CT molecular complexity index is 1200. The quantitative estimate of drug-likeness (QED) is 0.336. The van der Waals surface area contributed by atoms with Gasteiger partial charge in [-0.1, -0.05) is 31.9 Å². The number of carbonyl (C=O) groups is 1. The van der Waals surface area contributed by atoms with E-state index in [2.05, 4.69) is 22.2 Å². The molecule has 0 spiro atoms. The van der Waals surface area contributed by atoms with E-state index in [9.17, 15) is 18.8 Å². The molecule has 32 heavy (non-hydrogen) atoms. The first kappa shape index (κ1) is 23.7. The van der Waals surface area contributed by atoms with Crippen molar-refractivity contribution in [3.63, 3.8) is 0 Å². The van der Waals surface area contributed by atoms with Crippen molar-refractivity contribution in [1.82, 2.24) is 24.4 Å². The number of aromatic nitrogens is 4. The lowest BCUT2D eigenvalue weighted by atomic mass is 10.2. The first-order chi connectivity index (χ1) is 15.4. The van der Waals surface area contributed by atoms with Gasteiger partial charge in [-0.2, -0.15) is 4.98 Å². The van der Waals surface area contributed by atoms with Crippen LogP contribution in [0.25, 0.3) is 11.2 Å². The Hall–Kier alpha value is -2.94. The van der Waals surface area contributed by atoms with Crippen molar-refractivity contribution in [2.45, 2.75) is 65.1 Å². The monoisotopic (exact) mass is 463 g/mol. The first-order valence-corrected chi connectivity index (χ1v) is 11.2. The van der Waals surface area contributed by atoms with Crippen LogP contribution in [-0.4, -0.2) is 25.0 Å². The van der Waals surface area contributed by atoms with E-state index < -0.39 is 11.2 Å². The maximum Gasteiger partial charge on any atom is 0.332 e. The van der Waals surface area contributed by atoms with Gasteiger partial charge < -0.3 is 10.3 Å². The van der Waals surface area contributed by atoms with Gasteiger partial charge in [-0.3, -0.25) is 18.7 Å². The maximum absolute atomic E-state index is 13.2. The molecule has 0 bridgehead atoms. The van der Waals surface area contributed by atoms with Gasteiger partial charge in [-0.15, -0.1) is 0 Å². The Labute approximate surface area is 189 Å². The minimum atomic E-state index is -0.466. The number of halogens is 2. The summed E-state index contributed by atoms with van der Waals surface area (Å²) in [5.74, 6) is -0.521. The summed E-state index contributed by atoms with van der Waals surface area (Å²) in [5.41, 5.74) is 0.275.